The zero-order chi connectivity index (χ0) is 13.9. The average Bonchev–Trinajstić information content (AvgIpc) is 2.34. The SMILES string of the molecule is NC1(CC(=O)Nc2cc(Cl)ccc2Br)CCCCC1. The highest BCUT2D eigenvalue weighted by atomic mass is 79.9. The summed E-state index contributed by atoms with van der Waals surface area (Å²) in [6, 6.07) is 5.32. The smallest absolute Gasteiger partial charge is 0.226 e. The fourth-order valence-electron chi connectivity index (χ4n) is 2.54. The molecule has 1 fully saturated rings. The topological polar surface area (TPSA) is 55.1 Å². The molecule has 2 rings (SSSR count). The first-order valence-corrected chi connectivity index (χ1v) is 7.69. The zero-order valence-corrected chi connectivity index (χ0v) is 13.1. The molecule has 0 heterocycles. The predicted molar refractivity (Wildman–Crippen MR) is 82.4 cm³/mol. The second kappa shape index (κ2) is 6.25. The molecule has 19 heavy (non-hydrogen) atoms. The molecule has 3 N–H and O–H groups in total. The van der Waals surface area contributed by atoms with Crippen molar-refractivity contribution in [2.24, 2.45) is 5.73 Å². The van der Waals surface area contributed by atoms with Crippen molar-refractivity contribution in [1.29, 1.82) is 0 Å². The van der Waals surface area contributed by atoms with Crippen molar-refractivity contribution in [3.63, 3.8) is 0 Å². The van der Waals surface area contributed by atoms with Gasteiger partial charge in [0.05, 0.1) is 5.69 Å². The van der Waals surface area contributed by atoms with Crippen molar-refractivity contribution in [3.8, 4) is 0 Å². The lowest BCUT2D eigenvalue weighted by Crippen LogP contribution is -2.44. The van der Waals surface area contributed by atoms with Gasteiger partial charge in [-0.1, -0.05) is 30.9 Å². The van der Waals surface area contributed by atoms with Gasteiger partial charge in [0, 0.05) is 21.5 Å². The Labute approximate surface area is 127 Å². The lowest BCUT2D eigenvalue weighted by molar-refractivity contribution is -0.117. The van der Waals surface area contributed by atoms with Crippen molar-refractivity contribution in [1.82, 2.24) is 0 Å². The lowest BCUT2D eigenvalue weighted by atomic mass is 9.80. The van der Waals surface area contributed by atoms with Crippen LogP contribution in [0.5, 0.6) is 0 Å². The summed E-state index contributed by atoms with van der Waals surface area (Å²) in [4.78, 5) is 12.1. The van der Waals surface area contributed by atoms with Crippen LogP contribution in [-0.4, -0.2) is 11.4 Å². The maximum absolute atomic E-state index is 12.1. The monoisotopic (exact) mass is 344 g/mol. The Morgan fingerprint density at radius 3 is 2.74 bits per heavy atom. The number of rotatable bonds is 3. The summed E-state index contributed by atoms with van der Waals surface area (Å²) < 4.78 is 0.819. The molecule has 0 atom stereocenters. The van der Waals surface area contributed by atoms with Crippen molar-refractivity contribution < 1.29 is 4.79 Å². The molecule has 0 saturated heterocycles. The number of carbonyl (C=O) groups excluding carboxylic acids is 1. The maximum atomic E-state index is 12.1. The molecular weight excluding hydrogens is 328 g/mol. The Kier molecular flexibility index (Phi) is 4.87. The average molecular weight is 346 g/mol. The van der Waals surface area contributed by atoms with Crippen LogP contribution in [0.4, 0.5) is 5.69 Å². The van der Waals surface area contributed by atoms with Gasteiger partial charge in [0.25, 0.3) is 0 Å². The highest BCUT2D eigenvalue weighted by Gasteiger charge is 2.30. The Bertz CT molecular complexity index is 473. The van der Waals surface area contributed by atoms with Crippen LogP contribution in [-0.2, 0) is 4.79 Å². The quantitative estimate of drug-likeness (QED) is 0.867. The molecule has 104 valence electrons. The molecule has 0 unspecified atom stereocenters. The summed E-state index contributed by atoms with van der Waals surface area (Å²) in [6.45, 7) is 0. The summed E-state index contributed by atoms with van der Waals surface area (Å²) in [5, 5.41) is 3.47. The lowest BCUT2D eigenvalue weighted by Gasteiger charge is -2.32. The van der Waals surface area contributed by atoms with Crippen LogP contribution in [0.2, 0.25) is 5.02 Å². The van der Waals surface area contributed by atoms with E-state index in [-0.39, 0.29) is 11.4 Å². The van der Waals surface area contributed by atoms with E-state index in [0.717, 1.165) is 30.2 Å². The fraction of sp³-hybridized carbons (Fsp3) is 0.500. The molecule has 1 aromatic carbocycles. The number of hydrogen-bond acceptors (Lipinski definition) is 2. The van der Waals surface area contributed by atoms with Gasteiger partial charge in [0.2, 0.25) is 5.91 Å². The van der Waals surface area contributed by atoms with E-state index in [1.54, 1.807) is 12.1 Å². The van der Waals surface area contributed by atoms with Crippen LogP contribution < -0.4 is 11.1 Å². The first kappa shape index (κ1) is 14.8. The molecule has 0 aliphatic heterocycles. The molecule has 1 saturated carbocycles. The molecule has 0 spiro atoms. The summed E-state index contributed by atoms with van der Waals surface area (Å²) in [5.41, 5.74) is 6.63. The van der Waals surface area contributed by atoms with E-state index >= 15 is 0 Å². The molecule has 0 aromatic heterocycles. The van der Waals surface area contributed by atoms with Crippen LogP contribution in [0.15, 0.2) is 22.7 Å². The highest BCUT2D eigenvalue weighted by Crippen LogP contribution is 2.30. The summed E-state index contributed by atoms with van der Waals surface area (Å²) in [7, 11) is 0. The van der Waals surface area contributed by atoms with Crippen LogP contribution in [0.3, 0.4) is 0 Å². The fourth-order valence-corrected chi connectivity index (χ4v) is 3.06. The first-order chi connectivity index (χ1) is 8.98. The number of halogens is 2. The maximum Gasteiger partial charge on any atom is 0.226 e. The molecule has 0 radical (unpaired) electrons. The van der Waals surface area contributed by atoms with Gasteiger partial charge >= 0.3 is 0 Å². The summed E-state index contributed by atoms with van der Waals surface area (Å²) in [5.74, 6) is -0.0487. The second-order valence-corrected chi connectivity index (χ2v) is 6.56. The number of nitrogens with one attached hydrogen (secondary N) is 1. The molecular formula is C14H18BrClN2O. The standard InChI is InChI=1S/C14H18BrClN2O/c15-11-5-4-10(16)8-12(11)18-13(19)9-14(17)6-2-1-3-7-14/h4-5,8H,1-3,6-7,9,17H2,(H,18,19). The van der Waals surface area contributed by atoms with Crippen LogP contribution in [0.1, 0.15) is 38.5 Å². The van der Waals surface area contributed by atoms with Crippen LogP contribution in [0.25, 0.3) is 0 Å². The molecule has 1 aliphatic carbocycles. The van der Waals surface area contributed by atoms with Gasteiger partial charge in [-0.2, -0.15) is 0 Å². The predicted octanol–water partition coefficient (Wildman–Crippen LogP) is 4.09. The number of amides is 1. The Morgan fingerprint density at radius 2 is 2.05 bits per heavy atom. The highest BCUT2D eigenvalue weighted by molar-refractivity contribution is 9.10. The van der Waals surface area contributed by atoms with Crippen LogP contribution >= 0.6 is 27.5 Å². The van der Waals surface area contributed by atoms with Gasteiger partial charge in [-0.25, -0.2) is 0 Å². The van der Waals surface area contributed by atoms with Crippen molar-refractivity contribution in [2.75, 3.05) is 5.32 Å². The van der Waals surface area contributed by atoms with Crippen molar-refractivity contribution in [3.05, 3.63) is 27.7 Å². The number of hydrogen-bond donors (Lipinski definition) is 2. The summed E-state index contributed by atoms with van der Waals surface area (Å²) >= 11 is 9.32. The van der Waals surface area contributed by atoms with Gasteiger partial charge in [0.1, 0.15) is 0 Å². The molecule has 1 aliphatic rings. The van der Waals surface area contributed by atoms with E-state index in [4.69, 9.17) is 17.3 Å². The Balaban J connectivity index is 1.99. The van der Waals surface area contributed by atoms with Crippen LogP contribution in [0, 0.1) is 0 Å². The number of anilines is 1. The third-order valence-corrected chi connectivity index (χ3v) is 4.49. The normalized spacial score (nSPS) is 18.1. The van der Waals surface area contributed by atoms with E-state index in [2.05, 4.69) is 21.2 Å². The van der Waals surface area contributed by atoms with Gasteiger partial charge in [0.15, 0.2) is 0 Å². The molecule has 1 aromatic rings. The minimum absolute atomic E-state index is 0.0487. The molecule has 1 amide bonds. The van der Waals surface area contributed by atoms with Gasteiger partial charge in [-0.15, -0.1) is 0 Å². The third kappa shape index (κ3) is 4.20. The second-order valence-electron chi connectivity index (χ2n) is 5.27. The van der Waals surface area contributed by atoms with Gasteiger partial charge < -0.3 is 11.1 Å². The zero-order valence-electron chi connectivity index (χ0n) is 10.7. The third-order valence-electron chi connectivity index (χ3n) is 3.56. The summed E-state index contributed by atoms with van der Waals surface area (Å²) in [6.07, 6.45) is 5.68. The van der Waals surface area contributed by atoms with E-state index < -0.39 is 0 Å². The van der Waals surface area contributed by atoms with E-state index in [1.807, 2.05) is 6.07 Å². The van der Waals surface area contributed by atoms with Gasteiger partial charge in [-0.05, 0) is 47.0 Å². The van der Waals surface area contributed by atoms with E-state index in [9.17, 15) is 4.79 Å². The largest absolute Gasteiger partial charge is 0.325 e. The van der Waals surface area contributed by atoms with Gasteiger partial charge in [-0.3, -0.25) is 4.79 Å². The number of benzene rings is 1. The number of carbonyl (C=O) groups is 1. The molecule has 3 nitrogen and oxygen atoms in total. The Hall–Kier alpha value is -0.580. The number of nitrogens with two attached hydrogens (primary N) is 1. The van der Waals surface area contributed by atoms with Crippen molar-refractivity contribution in [2.45, 2.75) is 44.1 Å². The van der Waals surface area contributed by atoms with Crippen molar-refractivity contribution >= 4 is 39.1 Å². The van der Waals surface area contributed by atoms with E-state index in [1.165, 1.54) is 6.42 Å². The Morgan fingerprint density at radius 1 is 1.37 bits per heavy atom. The molecule has 5 heteroatoms. The van der Waals surface area contributed by atoms with E-state index in [0.29, 0.717) is 17.1 Å². The minimum atomic E-state index is -0.340. The minimum Gasteiger partial charge on any atom is -0.325 e. The molecule has 0 bridgehead atoms. The first-order valence-electron chi connectivity index (χ1n) is 6.52.